The molecule has 3 aromatic rings. The fraction of sp³-hybridized carbons (Fsp3) is 0.0870. The summed E-state index contributed by atoms with van der Waals surface area (Å²) in [5.74, 6) is 0.880. The molecule has 0 saturated carbocycles. The smallest absolute Gasteiger partial charge is 0.129 e. The van der Waals surface area contributed by atoms with E-state index >= 15 is 0 Å². The molecule has 134 valence electrons. The minimum Gasteiger partial charge on any atom is -0.494 e. The average Bonchev–Trinajstić information content (AvgIpc) is 2.75. The Bertz CT molecular complexity index is 951. The minimum absolute atomic E-state index is 0.665. The second kappa shape index (κ2) is 8.14. The molecule has 0 bridgehead atoms. The van der Waals surface area contributed by atoms with Crippen LogP contribution < -0.4 is 9.75 Å². The standard InChI is InChI=1S/C23H20N2OS/c1-2-26-21-15-13-18(14-16-21)22-17-27-23(19-9-5-3-6-10-19)24-25(22)20-11-7-4-8-12-20/h3-17H,2H2,1H3. The third kappa shape index (κ3) is 3.91. The van der Waals surface area contributed by atoms with Crippen LogP contribution in [0.4, 0.5) is 5.69 Å². The van der Waals surface area contributed by atoms with E-state index in [-0.39, 0.29) is 0 Å². The molecule has 1 heterocycles. The number of hydrazone groups is 1. The first kappa shape index (κ1) is 17.4. The van der Waals surface area contributed by atoms with Gasteiger partial charge >= 0.3 is 0 Å². The minimum atomic E-state index is 0.665. The largest absolute Gasteiger partial charge is 0.494 e. The van der Waals surface area contributed by atoms with Gasteiger partial charge in [-0.05, 0) is 43.3 Å². The SMILES string of the molecule is CCOc1ccc(C2=CSC(c3ccccc3)=NN2c2ccccc2)cc1. The molecule has 3 nitrogen and oxygen atoms in total. The average molecular weight is 372 g/mol. The molecule has 0 atom stereocenters. The van der Waals surface area contributed by atoms with Gasteiger partial charge in [0.15, 0.2) is 0 Å². The number of anilines is 1. The van der Waals surface area contributed by atoms with Crippen molar-refractivity contribution in [2.75, 3.05) is 11.6 Å². The maximum Gasteiger partial charge on any atom is 0.129 e. The molecular weight excluding hydrogens is 352 g/mol. The predicted octanol–water partition coefficient (Wildman–Crippen LogP) is 6.00. The van der Waals surface area contributed by atoms with Crippen molar-refractivity contribution in [1.82, 2.24) is 0 Å². The van der Waals surface area contributed by atoms with E-state index in [2.05, 4.69) is 41.8 Å². The highest BCUT2D eigenvalue weighted by molar-refractivity contribution is 8.17. The van der Waals surface area contributed by atoms with Crippen molar-refractivity contribution in [2.24, 2.45) is 5.10 Å². The van der Waals surface area contributed by atoms with E-state index in [0.717, 1.165) is 33.3 Å². The van der Waals surface area contributed by atoms with Crippen LogP contribution >= 0.6 is 11.8 Å². The molecule has 0 fully saturated rings. The van der Waals surface area contributed by atoms with E-state index in [1.807, 2.05) is 60.5 Å². The lowest BCUT2D eigenvalue weighted by atomic mass is 10.1. The summed E-state index contributed by atoms with van der Waals surface area (Å²) in [6, 6.07) is 28.7. The van der Waals surface area contributed by atoms with Gasteiger partial charge in [0.25, 0.3) is 0 Å². The van der Waals surface area contributed by atoms with Gasteiger partial charge in [-0.25, -0.2) is 5.01 Å². The van der Waals surface area contributed by atoms with Gasteiger partial charge in [-0.3, -0.25) is 0 Å². The number of hydrogen-bond acceptors (Lipinski definition) is 4. The Labute approximate surface area is 164 Å². The molecule has 1 aliphatic rings. The van der Waals surface area contributed by atoms with Crippen molar-refractivity contribution in [3.05, 3.63) is 101 Å². The van der Waals surface area contributed by atoms with Crippen molar-refractivity contribution < 1.29 is 4.74 Å². The summed E-state index contributed by atoms with van der Waals surface area (Å²) >= 11 is 1.65. The molecule has 0 aliphatic carbocycles. The quantitative estimate of drug-likeness (QED) is 0.549. The molecule has 0 amide bonds. The molecule has 3 aromatic carbocycles. The maximum atomic E-state index is 5.57. The lowest BCUT2D eigenvalue weighted by molar-refractivity contribution is 0.340. The highest BCUT2D eigenvalue weighted by Crippen LogP contribution is 2.35. The van der Waals surface area contributed by atoms with Crippen LogP contribution in [0.1, 0.15) is 18.1 Å². The Hall–Kier alpha value is -2.98. The van der Waals surface area contributed by atoms with Gasteiger partial charge in [-0.15, -0.1) is 0 Å². The van der Waals surface area contributed by atoms with Gasteiger partial charge in [-0.1, -0.05) is 60.3 Å². The number of hydrogen-bond donors (Lipinski definition) is 0. The Kier molecular flexibility index (Phi) is 5.26. The second-order valence-corrected chi connectivity index (χ2v) is 6.85. The molecule has 1 aliphatic heterocycles. The fourth-order valence-electron chi connectivity index (χ4n) is 2.88. The van der Waals surface area contributed by atoms with E-state index in [1.165, 1.54) is 0 Å². The van der Waals surface area contributed by atoms with Crippen LogP contribution in [0.15, 0.2) is 95.4 Å². The van der Waals surface area contributed by atoms with Crippen LogP contribution in [0.2, 0.25) is 0 Å². The zero-order valence-electron chi connectivity index (χ0n) is 15.1. The molecule has 0 radical (unpaired) electrons. The van der Waals surface area contributed by atoms with Gasteiger partial charge in [-0.2, -0.15) is 5.10 Å². The molecule has 0 unspecified atom stereocenters. The topological polar surface area (TPSA) is 24.8 Å². The second-order valence-electron chi connectivity index (χ2n) is 6.00. The van der Waals surface area contributed by atoms with E-state index in [1.54, 1.807) is 11.8 Å². The Morgan fingerprint density at radius 1 is 0.815 bits per heavy atom. The van der Waals surface area contributed by atoms with Crippen LogP contribution in [-0.4, -0.2) is 11.7 Å². The summed E-state index contributed by atoms with van der Waals surface area (Å²) in [6.45, 7) is 2.66. The van der Waals surface area contributed by atoms with Crippen LogP contribution in [-0.2, 0) is 0 Å². The van der Waals surface area contributed by atoms with Crippen molar-refractivity contribution in [2.45, 2.75) is 6.92 Å². The van der Waals surface area contributed by atoms with Gasteiger partial charge in [0.1, 0.15) is 10.8 Å². The Balaban J connectivity index is 1.72. The molecule has 0 saturated heterocycles. The summed E-state index contributed by atoms with van der Waals surface area (Å²) in [6.07, 6.45) is 0. The summed E-state index contributed by atoms with van der Waals surface area (Å²) in [4.78, 5) is 0. The maximum absolute atomic E-state index is 5.57. The summed E-state index contributed by atoms with van der Waals surface area (Å²) in [7, 11) is 0. The molecule has 0 spiro atoms. The van der Waals surface area contributed by atoms with Gasteiger partial charge in [0.2, 0.25) is 0 Å². The van der Waals surface area contributed by atoms with Crippen molar-refractivity contribution in [3.8, 4) is 5.75 Å². The molecule has 0 aromatic heterocycles. The Morgan fingerprint density at radius 2 is 1.48 bits per heavy atom. The van der Waals surface area contributed by atoms with Crippen LogP contribution in [0.5, 0.6) is 5.75 Å². The summed E-state index contributed by atoms with van der Waals surface area (Å²) in [5, 5.41) is 10.1. The number of nitrogens with zero attached hydrogens (tertiary/aromatic N) is 2. The number of rotatable bonds is 5. The first-order valence-electron chi connectivity index (χ1n) is 8.94. The van der Waals surface area contributed by atoms with E-state index in [0.29, 0.717) is 6.61 Å². The van der Waals surface area contributed by atoms with Gasteiger partial charge in [0, 0.05) is 16.5 Å². The first-order valence-corrected chi connectivity index (χ1v) is 9.82. The number of thioether (sulfide) groups is 1. The number of benzene rings is 3. The molecule has 27 heavy (non-hydrogen) atoms. The first-order chi connectivity index (χ1) is 13.3. The monoisotopic (exact) mass is 372 g/mol. The zero-order valence-corrected chi connectivity index (χ0v) is 15.9. The van der Waals surface area contributed by atoms with Crippen molar-refractivity contribution >= 4 is 28.2 Å². The number of ether oxygens (including phenoxy) is 1. The third-order valence-corrected chi connectivity index (χ3v) is 5.07. The zero-order chi connectivity index (χ0) is 18.5. The lowest BCUT2D eigenvalue weighted by Gasteiger charge is -2.27. The summed E-state index contributed by atoms with van der Waals surface area (Å²) < 4.78 is 5.57. The molecule has 4 rings (SSSR count). The van der Waals surface area contributed by atoms with E-state index in [4.69, 9.17) is 9.84 Å². The van der Waals surface area contributed by atoms with Crippen molar-refractivity contribution in [1.29, 1.82) is 0 Å². The molecular formula is C23H20N2OS. The predicted molar refractivity (Wildman–Crippen MR) is 115 cm³/mol. The summed E-state index contributed by atoms with van der Waals surface area (Å²) in [5.41, 5.74) is 4.30. The third-order valence-electron chi connectivity index (χ3n) is 4.18. The fourth-order valence-corrected chi connectivity index (χ4v) is 3.74. The van der Waals surface area contributed by atoms with Crippen molar-refractivity contribution in [3.63, 3.8) is 0 Å². The lowest BCUT2D eigenvalue weighted by Crippen LogP contribution is -2.20. The molecule has 0 N–H and O–H groups in total. The van der Waals surface area contributed by atoms with Crippen LogP contribution in [0, 0.1) is 0 Å². The molecule has 4 heteroatoms. The van der Waals surface area contributed by atoms with Gasteiger partial charge in [0.05, 0.1) is 18.0 Å². The van der Waals surface area contributed by atoms with Crippen LogP contribution in [0.3, 0.4) is 0 Å². The highest BCUT2D eigenvalue weighted by atomic mass is 32.2. The van der Waals surface area contributed by atoms with E-state index in [9.17, 15) is 0 Å². The highest BCUT2D eigenvalue weighted by Gasteiger charge is 2.20. The number of para-hydroxylation sites is 1. The Morgan fingerprint density at radius 3 is 2.15 bits per heavy atom. The van der Waals surface area contributed by atoms with Gasteiger partial charge < -0.3 is 4.74 Å². The van der Waals surface area contributed by atoms with Crippen LogP contribution in [0.25, 0.3) is 5.70 Å². The van der Waals surface area contributed by atoms with E-state index < -0.39 is 0 Å². The normalized spacial score (nSPS) is 13.7.